The van der Waals surface area contributed by atoms with E-state index in [1.165, 1.54) is 0 Å². The van der Waals surface area contributed by atoms with E-state index in [0.717, 1.165) is 29.6 Å². The molecule has 0 aliphatic carbocycles. The van der Waals surface area contributed by atoms with Gasteiger partial charge in [-0.05, 0) is 51.6 Å². The smallest absolute Gasteiger partial charge is 0.332 e. The monoisotopic (exact) mass is 295 g/mol. The third-order valence-corrected chi connectivity index (χ3v) is 4.39. The van der Waals surface area contributed by atoms with Crippen LogP contribution in [0.4, 0.5) is 0 Å². The summed E-state index contributed by atoms with van der Waals surface area (Å²) in [6.45, 7) is 7.82. The van der Waals surface area contributed by atoms with Crippen LogP contribution in [0.2, 0.25) is 5.02 Å². The van der Waals surface area contributed by atoms with Crippen LogP contribution in [0.1, 0.15) is 39.7 Å². The first-order valence-electron chi connectivity index (χ1n) is 6.90. The Morgan fingerprint density at radius 2 is 2.00 bits per heavy atom. The highest BCUT2D eigenvalue weighted by Crippen LogP contribution is 2.31. The van der Waals surface area contributed by atoms with Crippen LogP contribution >= 0.6 is 11.6 Å². The van der Waals surface area contributed by atoms with Gasteiger partial charge in [-0.2, -0.15) is 0 Å². The SMILES string of the molecule is CC(C)(O)C(C)(C)O[B]c1ccc2c(c1Cl)OCCC2. The Hall–Kier alpha value is -0.705. The van der Waals surface area contributed by atoms with E-state index in [1.54, 1.807) is 21.3 Å². The normalized spacial score (nSPS) is 15.5. The number of hydrogen-bond donors (Lipinski definition) is 1. The molecule has 0 amide bonds. The fraction of sp³-hybridized carbons (Fsp3) is 0.600. The van der Waals surface area contributed by atoms with Gasteiger partial charge in [-0.25, -0.2) is 0 Å². The van der Waals surface area contributed by atoms with Crippen molar-refractivity contribution >= 4 is 24.5 Å². The first-order chi connectivity index (χ1) is 9.22. The molecule has 1 radical (unpaired) electrons. The largest absolute Gasteiger partial charge is 0.492 e. The van der Waals surface area contributed by atoms with Crippen molar-refractivity contribution in [1.29, 1.82) is 0 Å². The van der Waals surface area contributed by atoms with Gasteiger partial charge >= 0.3 is 7.48 Å². The Balaban J connectivity index is 2.15. The van der Waals surface area contributed by atoms with Crippen LogP contribution in [0.3, 0.4) is 0 Å². The van der Waals surface area contributed by atoms with Gasteiger partial charge in [-0.1, -0.05) is 23.7 Å². The van der Waals surface area contributed by atoms with Crippen molar-refractivity contribution in [2.75, 3.05) is 6.61 Å². The number of halogens is 1. The van der Waals surface area contributed by atoms with E-state index in [1.807, 2.05) is 26.0 Å². The Morgan fingerprint density at radius 3 is 2.65 bits per heavy atom. The molecule has 1 aliphatic heterocycles. The fourth-order valence-corrected chi connectivity index (χ4v) is 2.13. The van der Waals surface area contributed by atoms with Crippen molar-refractivity contribution in [1.82, 2.24) is 0 Å². The summed E-state index contributed by atoms with van der Waals surface area (Å²) in [5.41, 5.74) is 0.234. The molecule has 1 aromatic carbocycles. The van der Waals surface area contributed by atoms with Crippen LogP contribution in [0.25, 0.3) is 0 Å². The van der Waals surface area contributed by atoms with Crippen molar-refractivity contribution in [2.45, 2.75) is 51.7 Å². The molecule has 0 spiro atoms. The quantitative estimate of drug-likeness (QED) is 0.867. The van der Waals surface area contributed by atoms with E-state index < -0.39 is 11.2 Å². The third-order valence-electron chi connectivity index (χ3n) is 4.00. The minimum Gasteiger partial charge on any atom is -0.492 e. The highest BCUT2D eigenvalue weighted by atomic mass is 35.5. The van der Waals surface area contributed by atoms with Gasteiger partial charge in [0.25, 0.3) is 0 Å². The van der Waals surface area contributed by atoms with Crippen molar-refractivity contribution in [3.05, 3.63) is 22.7 Å². The summed E-state index contributed by atoms with van der Waals surface area (Å²) >= 11 is 6.37. The number of ether oxygens (including phenoxy) is 1. The van der Waals surface area contributed by atoms with Gasteiger partial charge < -0.3 is 14.5 Å². The topological polar surface area (TPSA) is 38.7 Å². The molecule has 109 valence electrons. The highest BCUT2D eigenvalue weighted by molar-refractivity contribution is 6.54. The number of aliphatic hydroxyl groups is 1. The average Bonchev–Trinajstić information content (AvgIpc) is 2.37. The van der Waals surface area contributed by atoms with Crippen LogP contribution in [-0.4, -0.2) is 30.4 Å². The maximum atomic E-state index is 10.1. The van der Waals surface area contributed by atoms with Crippen molar-refractivity contribution in [2.24, 2.45) is 0 Å². The molecule has 2 rings (SSSR count). The zero-order chi connectivity index (χ0) is 15.0. The molecular formula is C15H21BClO3. The van der Waals surface area contributed by atoms with Crippen LogP contribution < -0.4 is 10.2 Å². The first-order valence-corrected chi connectivity index (χ1v) is 7.28. The van der Waals surface area contributed by atoms with E-state index in [4.69, 9.17) is 21.0 Å². The lowest BCUT2D eigenvalue weighted by Crippen LogP contribution is -2.49. The van der Waals surface area contributed by atoms with Gasteiger partial charge in [0.15, 0.2) is 0 Å². The summed E-state index contributed by atoms with van der Waals surface area (Å²) in [4.78, 5) is 0. The average molecular weight is 296 g/mol. The van der Waals surface area contributed by atoms with Gasteiger partial charge in [0.1, 0.15) is 5.75 Å². The molecular weight excluding hydrogens is 274 g/mol. The van der Waals surface area contributed by atoms with Gasteiger partial charge in [-0.3, -0.25) is 0 Å². The predicted molar refractivity (Wildman–Crippen MR) is 82.1 cm³/mol. The molecule has 1 aliphatic rings. The Morgan fingerprint density at radius 1 is 1.30 bits per heavy atom. The number of rotatable bonds is 4. The molecule has 3 nitrogen and oxygen atoms in total. The molecule has 5 heteroatoms. The van der Waals surface area contributed by atoms with Gasteiger partial charge in [0, 0.05) is 0 Å². The summed E-state index contributed by atoms with van der Waals surface area (Å²) in [5, 5.41) is 10.7. The third kappa shape index (κ3) is 3.13. The minimum atomic E-state index is -0.958. The molecule has 1 aromatic rings. The molecule has 1 N–H and O–H groups in total. The molecule has 0 unspecified atom stereocenters. The summed E-state index contributed by atoms with van der Waals surface area (Å²) in [6.07, 6.45) is 2.01. The van der Waals surface area contributed by atoms with Gasteiger partial charge in [-0.15, -0.1) is 0 Å². The molecule has 0 aromatic heterocycles. The summed E-state index contributed by atoms with van der Waals surface area (Å²) in [6, 6.07) is 3.95. The summed E-state index contributed by atoms with van der Waals surface area (Å²) < 4.78 is 11.4. The van der Waals surface area contributed by atoms with Crippen molar-refractivity contribution in [3.8, 4) is 5.75 Å². The second-order valence-corrected chi connectivity index (χ2v) is 6.59. The first kappa shape index (κ1) is 15.7. The second-order valence-electron chi connectivity index (χ2n) is 6.21. The number of benzene rings is 1. The van der Waals surface area contributed by atoms with E-state index in [-0.39, 0.29) is 0 Å². The zero-order valence-corrected chi connectivity index (χ0v) is 13.3. The lowest BCUT2D eigenvalue weighted by Gasteiger charge is -2.37. The van der Waals surface area contributed by atoms with E-state index in [2.05, 4.69) is 0 Å². The molecule has 0 fully saturated rings. The number of fused-ring (bicyclic) bond motifs is 1. The van der Waals surface area contributed by atoms with Crippen LogP contribution in [0.15, 0.2) is 12.1 Å². The number of hydrogen-bond acceptors (Lipinski definition) is 3. The maximum absolute atomic E-state index is 10.1. The zero-order valence-electron chi connectivity index (χ0n) is 12.5. The van der Waals surface area contributed by atoms with Crippen molar-refractivity contribution in [3.63, 3.8) is 0 Å². The van der Waals surface area contributed by atoms with E-state index in [9.17, 15) is 5.11 Å². The minimum absolute atomic E-state index is 0.578. The summed E-state index contributed by atoms with van der Waals surface area (Å²) in [7, 11) is 1.60. The van der Waals surface area contributed by atoms with Crippen molar-refractivity contribution < 1.29 is 14.5 Å². The second kappa shape index (κ2) is 5.59. The predicted octanol–water partition coefficient (Wildman–Crippen LogP) is 2.48. The molecule has 0 atom stereocenters. The number of aryl methyl sites for hydroxylation is 1. The lowest BCUT2D eigenvalue weighted by atomic mass is 9.82. The van der Waals surface area contributed by atoms with Crippen LogP contribution in [0, 0.1) is 0 Å². The molecule has 0 bridgehead atoms. The van der Waals surface area contributed by atoms with E-state index in [0.29, 0.717) is 11.6 Å². The fourth-order valence-electron chi connectivity index (χ4n) is 1.85. The molecule has 0 saturated carbocycles. The molecule has 1 heterocycles. The standard InChI is InChI=1S/C15H21BClO3/c1-14(2,18)15(3,4)20-16-11-8-7-10-6-5-9-19-13(10)12(11)17/h7-8,18H,5-6,9H2,1-4H3. The Kier molecular flexibility index (Phi) is 4.38. The van der Waals surface area contributed by atoms with Gasteiger partial charge in [0.05, 0.1) is 22.8 Å². The van der Waals surface area contributed by atoms with Crippen LogP contribution in [-0.2, 0) is 11.1 Å². The maximum Gasteiger partial charge on any atom is 0.332 e. The Bertz CT molecular complexity index is 495. The highest BCUT2D eigenvalue weighted by Gasteiger charge is 2.36. The van der Waals surface area contributed by atoms with Crippen LogP contribution in [0.5, 0.6) is 5.75 Å². The lowest BCUT2D eigenvalue weighted by molar-refractivity contribution is -0.0893. The molecule has 20 heavy (non-hydrogen) atoms. The van der Waals surface area contributed by atoms with Gasteiger partial charge in [0.2, 0.25) is 0 Å². The summed E-state index contributed by atoms with van der Waals surface area (Å²) in [5.74, 6) is 0.760. The molecule has 0 saturated heterocycles. The van der Waals surface area contributed by atoms with E-state index >= 15 is 0 Å². The Labute approximate surface area is 126 Å².